The number of likely N-dealkylation sites (tertiary alicyclic amines) is 1. The summed E-state index contributed by atoms with van der Waals surface area (Å²) in [7, 11) is 0. The number of urea groups is 1. The van der Waals surface area contributed by atoms with Gasteiger partial charge in [0.25, 0.3) is 0 Å². The van der Waals surface area contributed by atoms with E-state index in [1.807, 2.05) is 41.1 Å². The highest BCUT2D eigenvalue weighted by molar-refractivity contribution is 7.09. The molecule has 0 aromatic carbocycles. The number of thiophene rings is 1. The fraction of sp³-hybridized carbons (Fsp3) is 0.467. The zero-order chi connectivity index (χ0) is 14.5. The minimum absolute atomic E-state index is 0.0597. The third-order valence-electron chi connectivity index (χ3n) is 3.92. The van der Waals surface area contributed by atoms with Gasteiger partial charge in [-0.15, -0.1) is 11.3 Å². The van der Waals surface area contributed by atoms with Crippen molar-refractivity contribution in [1.82, 2.24) is 19.8 Å². The number of carbonyl (C=O) groups is 1. The highest BCUT2D eigenvalue weighted by Gasteiger charge is 2.22. The van der Waals surface area contributed by atoms with Crippen LogP contribution >= 0.6 is 11.3 Å². The Morgan fingerprint density at radius 2 is 2.29 bits per heavy atom. The number of nitrogens with one attached hydrogen (secondary N) is 1. The lowest BCUT2D eigenvalue weighted by Gasteiger charge is -2.32. The molecule has 21 heavy (non-hydrogen) atoms. The van der Waals surface area contributed by atoms with Crippen LogP contribution in [0, 0.1) is 5.92 Å². The molecule has 3 rings (SSSR count). The Hall–Kier alpha value is -1.82. The van der Waals surface area contributed by atoms with Gasteiger partial charge in [-0.2, -0.15) is 0 Å². The van der Waals surface area contributed by atoms with Crippen molar-refractivity contribution < 1.29 is 4.79 Å². The Morgan fingerprint density at radius 3 is 2.95 bits per heavy atom. The molecule has 0 bridgehead atoms. The first-order valence-corrected chi connectivity index (χ1v) is 8.20. The lowest BCUT2D eigenvalue weighted by molar-refractivity contribution is 0.165. The molecule has 1 N–H and O–H groups in total. The lowest BCUT2D eigenvalue weighted by Crippen LogP contribution is -2.44. The van der Waals surface area contributed by atoms with E-state index >= 15 is 0 Å². The molecule has 2 aromatic rings. The van der Waals surface area contributed by atoms with Crippen molar-refractivity contribution in [1.29, 1.82) is 0 Å². The maximum absolute atomic E-state index is 12.1. The van der Waals surface area contributed by atoms with Crippen molar-refractivity contribution in [2.75, 3.05) is 13.1 Å². The summed E-state index contributed by atoms with van der Waals surface area (Å²) in [6.07, 6.45) is 7.79. The summed E-state index contributed by atoms with van der Waals surface area (Å²) in [6, 6.07) is 4.11. The average molecular weight is 304 g/mol. The Balaban J connectivity index is 1.41. The molecule has 0 atom stereocenters. The molecule has 0 spiro atoms. The Kier molecular flexibility index (Phi) is 4.55. The van der Waals surface area contributed by atoms with Crippen LogP contribution < -0.4 is 5.32 Å². The second-order valence-electron chi connectivity index (χ2n) is 5.43. The topological polar surface area (TPSA) is 50.2 Å². The van der Waals surface area contributed by atoms with E-state index < -0.39 is 0 Å². The fourth-order valence-corrected chi connectivity index (χ4v) is 3.34. The summed E-state index contributed by atoms with van der Waals surface area (Å²) in [4.78, 5) is 19.3. The van der Waals surface area contributed by atoms with Gasteiger partial charge in [0.05, 0.1) is 12.9 Å². The largest absolute Gasteiger partial charge is 0.337 e. The number of carbonyl (C=O) groups excluding carboxylic acids is 1. The van der Waals surface area contributed by atoms with Crippen LogP contribution in [-0.4, -0.2) is 33.6 Å². The van der Waals surface area contributed by atoms with Gasteiger partial charge < -0.3 is 14.8 Å². The Labute approximate surface area is 128 Å². The maximum Gasteiger partial charge on any atom is 0.317 e. The summed E-state index contributed by atoms with van der Waals surface area (Å²) in [5.41, 5.74) is 0. The number of aromatic nitrogens is 2. The highest BCUT2D eigenvalue weighted by atomic mass is 32.1. The van der Waals surface area contributed by atoms with Crippen LogP contribution in [0.4, 0.5) is 4.79 Å². The normalized spacial score (nSPS) is 16.1. The summed E-state index contributed by atoms with van der Waals surface area (Å²) in [6.45, 7) is 3.32. The van der Waals surface area contributed by atoms with E-state index in [2.05, 4.69) is 14.9 Å². The smallest absolute Gasteiger partial charge is 0.317 e. The van der Waals surface area contributed by atoms with Gasteiger partial charge in [-0.3, -0.25) is 0 Å². The van der Waals surface area contributed by atoms with E-state index in [1.165, 1.54) is 4.88 Å². The van der Waals surface area contributed by atoms with E-state index in [0.29, 0.717) is 12.5 Å². The van der Waals surface area contributed by atoms with Crippen LogP contribution in [0.3, 0.4) is 0 Å². The summed E-state index contributed by atoms with van der Waals surface area (Å²) in [5, 5.41) is 5.03. The molecule has 3 heterocycles. The molecular weight excluding hydrogens is 284 g/mol. The van der Waals surface area contributed by atoms with Gasteiger partial charge in [-0.25, -0.2) is 9.78 Å². The molecule has 2 aromatic heterocycles. The minimum atomic E-state index is 0.0597. The van der Waals surface area contributed by atoms with E-state index in [-0.39, 0.29) is 6.03 Å². The molecule has 1 aliphatic rings. The molecule has 6 heteroatoms. The van der Waals surface area contributed by atoms with Crippen LogP contribution in [0.2, 0.25) is 0 Å². The van der Waals surface area contributed by atoms with Crippen molar-refractivity contribution in [3.63, 3.8) is 0 Å². The molecule has 0 saturated carbocycles. The van der Waals surface area contributed by atoms with Gasteiger partial charge in [0.1, 0.15) is 0 Å². The molecule has 0 aliphatic carbocycles. The Morgan fingerprint density at radius 1 is 1.43 bits per heavy atom. The zero-order valence-electron chi connectivity index (χ0n) is 11.9. The summed E-state index contributed by atoms with van der Waals surface area (Å²) in [5.74, 6) is 0.639. The second-order valence-corrected chi connectivity index (χ2v) is 6.46. The molecule has 1 aliphatic heterocycles. The van der Waals surface area contributed by atoms with Crippen molar-refractivity contribution in [3.8, 4) is 0 Å². The van der Waals surface area contributed by atoms with Gasteiger partial charge >= 0.3 is 6.03 Å². The molecule has 112 valence electrons. The first-order chi connectivity index (χ1) is 10.3. The van der Waals surface area contributed by atoms with Gasteiger partial charge in [-0.05, 0) is 30.2 Å². The highest BCUT2D eigenvalue weighted by Crippen LogP contribution is 2.19. The predicted molar refractivity (Wildman–Crippen MR) is 83.1 cm³/mol. The van der Waals surface area contributed by atoms with Gasteiger partial charge in [0, 0.05) is 36.9 Å². The number of imidazole rings is 1. The van der Waals surface area contributed by atoms with Crippen molar-refractivity contribution >= 4 is 17.4 Å². The molecule has 1 saturated heterocycles. The standard InChI is InChI=1S/C15H20N4OS/c20-15(17-10-14-2-1-9-21-14)19-6-3-13(4-7-19)11-18-8-5-16-12-18/h1-2,5,8-9,12-13H,3-4,6-7,10-11H2,(H,17,20). The first-order valence-electron chi connectivity index (χ1n) is 7.32. The third-order valence-corrected chi connectivity index (χ3v) is 4.80. The van der Waals surface area contributed by atoms with Crippen molar-refractivity contribution in [3.05, 3.63) is 41.1 Å². The van der Waals surface area contributed by atoms with Crippen LogP contribution in [0.1, 0.15) is 17.7 Å². The molecule has 5 nitrogen and oxygen atoms in total. The average Bonchev–Trinajstić information content (AvgIpc) is 3.19. The van der Waals surface area contributed by atoms with Crippen LogP contribution in [-0.2, 0) is 13.1 Å². The molecule has 2 amide bonds. The number of hydrogen-bond acceptors (Lipinski definition) is 3. The lowest BCUT2D eigenvalue weighted by atomic mass is 9.97. The Bertz CT molecular complexity index is 544. The predicted octanol–water partition coefficient (Wildman–Crippen LogP) is 2.57. The van der Waals surface area contributed by atoms with Crippen LogP contribution in [0.25, 0.3) is 0 Å². The molecule has 0 unspecified atom stereocenters. The van der Waals surface area contributed by atoms with E-state index in [1.54, 1.807) is 11.3 Å². The first kappa shape index (κ1) is 14.1. The fourth-order valence-electron chi connectivity index (χ4n) is 2.70. The molecule has 1 fully saturated rings. The molecule has 0 radical (unpaired) electrons. The number of amides is 2. The number of piperidine rings is 1. The summed E-state index contributed by atoms with van der Waals surface area (Å²) < 4.78 is 2.12. The van der Waals surface area contributed by atoms with E-state index in [9.17, 15) is 4.79 Å². The second kappa shape index (κ2) is 6.76. The van der Waals surface area contributed by atoms with E-state index in [0.717, 1.165) is 32.5 Å². The van der Waals surface area contributed by atoms with Crippen molar-refractivity contribution in [2.24, 2.45) is 5.92 Å². The van der Waals surface area contributed by atoms with Crippen LogP contribution in [0.5, 0.6) is 0 Å². The SMILES string of the molecule is O=C(NCc1cccs1)N1CCC(Cn2ccnc2)CC1. The zero-order valence-corrected chi connectivity index (χ0v) is 12.8. The third kappa shape index (κ3) is 3.85. The monoisotopic (exact) mass is 304 g/mol. The number of nitrogens with zero attached hydrogens (tertiary/aromatic N) is 3. The maximum atomic E-state index is 12.1. The molecular formula is C15H20N4OS. The minimum Gasteiger partial charge on any atom is -0.337 e. The summed E-state index contributed by atoms with van der Waals surface area (Å²) >= 11 is 1.67. The van der Waals surface area contributed by atoms with Gasteiger partial charge in [0.15, 0.2) is 0 Å². The van der Waals surface area contributed by atoms with Crippen molar-refractivity contribution in [2.45, 2.75) is 25.9 Å². The van der Waals surface area contributed by atoms with Gasteiger partial charge in [-0.1, -0.05) is 6.07 Å². The quantitative estimate of drug-likeness (QED) is 0.944. The number of rotatable bonds is 4. The van der Waals surface area contributed by atoms with Gasteiger partial charge in [0.2, 0.25) is 0 Å². The van der Waals surface area contributed by atoms with Crippen LogP contribution in [0.15, 0.2) is 36.2 Å². The van der Waals surface area contributed by atoms with E-state index in [4.69, 9.17) is 0 Å². The number of hydrogen-bond donors (Lipinski definition) is 1.